The molecule has 0 aliphatic carbocycles. The van der Waals surface area contributed by atoms with Crippen LogP contribution in [0.5, 0.6) is 0 Å². The Bertz CT molecular complexity index is 593. The number of nitrogens with one attached hydrogen (secondary N) is 2. The minimum absolute atomic E-state index is 0.0732. The first-order chi connectivity index (χ1) is 9.56. The van der Waals surface area contributed by atoms with Crippen molar-refractivity contribution in [2.45, 2.75) is 19.3 Å². The molecule has 1 atom stereocenters. The third-order valence-corrected chi connectivity index (χ3v) is 2.85. The third-order valence-electron chi connectivity index (χ3n) is 2.85. The number of hydrogen-bond acceptors (Lipinski definition) is 4. The number of amides is 1. The number of aromatic amines is 1. The zero-order chi connectivity index (χ0) is 14.5. The highest BCUT2D eigenvalue weighted by atomic mass is 16.4. The maximum atomic E-state index is 11.7. The summed E-state index contributed by atoms with van der Waals surface area (Å²) in [5.41, 5.74) is 1.52. The van der Waals surface area contributed by atoms with Crippen molar-refractivity contribution < 1.29 is 14.7 Å². The number of aliphatic carboxylic acids is 1. The van der Waals surface area contributed by atoms with Gasteiger partial charge in [0.15, 0.2) is 0 Å². The van der Waals surface area contributed by atoms with E-state index in [1.165, 1.54) is 6.33 Å². The number of aromatic nitrogens is 3. The number of carbonyl (C=O) groups excluding carboxylic acids is 1. The van der Waals surface area contributed by atoms with Gasteiger partial charge in [0.25, 0.3) is 5.91 Å². The predicted octanol–water partition coefficient (Wildman–Crippen LogP) is 1.64. The number of carboxylic acid groups (broad SMARTS) is 1. The first-order valence-electron chi connectivity index (χ1n) is 6.04. The van der Waals surface area contributed by atoms with Crippen LogP contribution in [0.2, 0.25) is 0 Å². The molecule has 7 nitrogen and oxygen atoms in total. The molecule has 1 amide bonds. The fourth-order valence-corrected chi connectivity index (χ4v) is 1.78. The number of anilines is 1. The van der Waals surface area contributed by atoms with Crippen molar-refractivity contribution in [3.05, 3.63) is 42.0 Å². The molecule has 0 aliphatic heterocycles. The highest BCUT2D eigenvalue weighted by Crippen LogP contribution is 2.21. The molecular formula is C13H14N4O3. The number of rotatable bonds is 5. The molecule has 0 aliphatic rings. The summed E-state index contributed by atoms with van der Waals surface area (Å²) in [7, 11) is 0. The molecule has 20 heavy (non-hydrogen) atoms. The van der Waals surface area contributed by atoms with E-state index in [-0.39, 0.29) is 24.1 Å². The predicted molar refractivity (Wildman–Crippen MR) is 71.4 cm³/mol. The van der Waals surface area contributed by atoms with Gasteiger partial charge >= 0.3 is 5.97 Å². The molecule has 1 heterocycles. The van der Waals surface area contributed by atoms with Crippen molar-refractivity contribution in [3.8, 4) is 0 Å². The van der Waals surface area contributed by atoms with Gasteiger partial charge in [0.05, 0.1) is 6.42 Å². The maximum Gasteiger partial charge on any atom is 0.303 e. The first kappa shape index (κ1) is 13.7. The van der Waals surface area contributed by atoms with E-state index in [0.29, 0.717) is 5.69 Å². The Labute approximate surface area is 115 Å². The molecule has 0 spiro atoms. The Morgan fingerprint density at radius 1 is 1.35 bits per heavy atom. The van der Waals surface area contributed by atoms with Crippen LogP contribution in [0.25, 0.3) is 0 Å². The molecule has 7 heteroatoms. The van der Waals surface area contributed by atoms with Gasteiger partial charge in [0, 0.05) is 5.69 Å². The second-order valence-corrected chi connectivity index (χ2v) is 4.41. The summed E-state index contributed by atoms with van der Waals surface area (Å²) in [6.45, 7) is 1.84. The molecule has 0 bridgehead atoms. The molecule has 2 rings (SSSR count). The van der Waals surface area contributed by atoms with Gasteiger partial charge in [-0.15, -0.1) is 0 Å². The molecule has 3 N–H and O–H groups in total. The lowest BCUT2D eigenvalue weighted by Gasteiger charge is -2.10. The van der Waals surface area contributed by atoms with Gasteiger partial charge in [-0.3, -0.25) is 14.7 Å². The second kappa shape index (κ2) is 5.96. The third kappa shape index (κ3) is 3.41. The van der Waals surface area contributed by atoms with Crippen molar-refractivity contribution in [1.82, 2.24) is 15.2 Å². The smallest absolute Gasteiger partial charge is 0.303 e. The molecule has 0 saturated carbocycles. The Balaban J connectivity index is 2.01. The fraction of sp³-hybridized carbons (Fsp3) is 0.231. The monoisotopic (exact) mass is 274 g/mol. The number of hydrogen-bond donors (Lipinski definition) is 3. The van der Waals surface area contributed by atoms with Gasteiger partial charge in [-0.2, -0.15) is 5.10 Å². The number of benzene rings is 1. The minimum atomic E-state index is -0.833. The maximum absolute atomic E-state index is 11.7. The summed E-state index contributed by atoms with van der Waals surface area (Å²) in [4.78, 5) is 26.1. The van der Waals surface area contributed by atoms with Crippen LogP contribution in [0.4, 0.5) is 5.69 Å². The van der Waals surface area contributed by atoms with Crippen LogP contribution in [0.1, 0.15) is 35.4 Å². The van der Waals surface area contributed by atoms with Gasteiger partial charge in [-0.25, -0.2) is 4.98 Å². The van der Waals surface area contributed by atoms with E-state index in [9.17, 15) is 9.59 Å². The van der Waals surface area contributed by atoms with E-state index >= 15 is 0 Å². The van der Waals surface area contributed by atoms with Crippen LogP contribution in [0.15, 0.2) is 30.6 Å². The van der Waals surface area contributed by atoms with Crippen LogP contribution in [-0.2, 0) is 4.79 Å². The van der Waals surface area contributed by atoms with Gasteiger partial charge < -0.3 is 10.4 Å². The summed E-state index contributed by atoms with van der Waals surface area (Å²) in [5, 5.41) is 17.5. The molecule has 0 radical (unpaired) electrons. The summed E-state index contributed by atoms with van der Waals surface area (Å²) >= 11 is 0. The fourth-order valence-electron chi connectivity index (χ4n) is 1.78. The molecule has 2 aromatic rings. The van der Waals surface area contributed by atoms with Gasteiger partial charge in [-0.05, 0) is 23.6 Å². The van der Waals surface area contributed by atoms with Crippen molar-refractivity contribution in [2.75, 3.05) is 5.32 Å². The molecule has 1 unspecified atom stereocenters. The van der Waals surface area contributed by atoms with Crippen LogP contribution in [-0.4, -0.2) is 32.2 Å². The largest absolute Gasteiger partial charge is 0.481 e. The number of carbonyl (C=O) groups is 2. The quantitative estimate of drug-likeness (QED) is 0.768. The normalized spacial score (nSPS) is 11.8. The van der Waals surface area contributed by atoms with E-state index < -0.39 is 5.97 Å². The highest BCUT2D eigenvalue weighted by Gasteiger charge is 2.11. The van der Waals surface area contributed by atoms with E-state index in [4.69, 9.17) is 5.11 Å². The topological polar surface area (TPSA) is 108 Å². The average molecular weight is 274 g/mol. The van der Waals surface area contributed by atoms with Crippen molar-refractivity contribution in [1.29, 1.82) is 0 Å². The zero-order valence-electron chi connectivity index (χ0n) is 10.8. The van der Waals surface area contributed by atoms with Crippen LogP contribution in [0, 0.1) is 0 Å². The van der Waals surface area contributed by atoms with E-state index in [1.54, 1.807) is 24.3 Å². The van der Waals surface area contributed by atoms with Gasteiger partial charge in [0.2, 0.25) is 5.82 Å². The lowest BCUT2D eigenvalue weighted by atomic mass is 9.98. The molecule has 1 aromatic heterocycles. The SMILES string of the molecule is CC(CC(=O)O)c1ccc(NC(=O)c2ncn[nH]2)cc1. The average Bonchev–Trinajstić information content (AvgIpc) is 2.92. The lowest BCUT2D eigenvalue weighted by molar-refractivity contribution is -0.137. The van der Waals surface area contributed by atoms with Crippen LogP contribution in [0.3, 0.4) is 0 Å². The summed E-state index contributed by atoms with van der Waals surface area (Å²) in [6.07, 6.45) is 1.33. The Morgan fingerprint density at radius 2 is 2.05 bits per heavy atom. The number of nitrogens with zero attached hydrogens (tertiary/aromatic N) is 2. The summed E-state index contributed by atoms with van der Waals surface area (Å²) < 4.78 is 0. The van der Waals surface area contributed by atoms with Gasteiger partial charge in [-0.1, -0.05) is 19.1 Å². The van der Waals surface area contributed by atoms with Crippen LogP contribution < -0.4 is 5.32 Å². The summed E-state index contributed by atoms with van der Waals surface area (Å²) in [6, 6.07) is 7.04. The standard InChI is InChI=1S/C13H14N4O3/c1-8(6-11(18)19)9-2-4-10(5-3-9)16-13(20)12-14-7-15-17-12/h2-5,7-8H,6H2,1H3,(H,16,20)(H,18,19)(H,14,15,17). The first-order valence-corrected chi connectivity index (χ1v) is 6.04. The second-order valence-electron chi connectivity index (χ2n) is 4.41. The summed E-state index contributed by atoms with van der Waals surface area (Å²) in [5.74, 6) is -1.16. The van der Waals surface area contributed by atoms with E-state index in [1.807, 2.05) is 6.92 Å². The number of carboxylic acids is 1. The van der Waals surface area contributed by atoms with Gasteiger partial charge in [0.1, 0.15) is 6.33 Å². The van der Waals surface area contributed by atoms with Crippen molar-refractivity contribution in [2.24, 2.45) is 0 Å². The molecule has 0 fully saturated rings. The number of H-pyrrole nitrogens is 1. The van der Waals surface area contributed by atoms with Crippen molar-refractivity contribution >= 4 is 17.6 Å². The zero-order valence-corrected chi connectivity index (χ0v) is 10.8. The molecule has 104 valence electrons. The highest BCUT2D eigenvalue weighted by molar-refractivity contribution is 6.01. The molecular weight excluding hydrogens is 260 g/mol. The Hall–Kier alpha value is -2.70. The Morgan fingerprint density at radius 3 is 2.60 bits per heavy atom. The molecule has 1 aromatic carbocycles. The van der Waals surface area contributed by atoms with Crippen LogP contribution >= 0.6 is 0 Å². The lowest BCUT2D eigenvalue weighted by Crippen LogP contribution is -2.13. The van der Waals surface area contributed by atoms with E-state index in [0.717, 1.165) is 5.56 Å². The van der Waals surface area contributed by atoms with E-state index in [2.05, 4.69) is 20.5 Å². The van der Waals surface area contributed by atoms with Crippen molar-refractivity contribution in [3.63, 3.8) is 0 Å². The Kier molecular flexibility index (Phi) is 4.09. The molecule has 0 saturated heterocycles. The minimum Gasteiger partial charge on any atom is -0.481 e.